The first-order valence-electron chi connectivity index (χ1n) is 9.86. The Balaban J connectivity index is 1.38. The van der Waals surface area contributed by atoms with Crippen LogP contribution in [0.4, 0.5) is 0 Å². The summed E-state index contributed by atoms with van der Waals surface area (Å²) in [7, 11) is 1.50. The van der Waals surface area contributed by atoms with Gasteiger partial charge in [-0.1, -0.05) is 0 Å². The molecule has 30 heavy (non-hydrogen) atoms. The summed E-state index contributed by atoms with van der Waals surface area (Å²) < 4.78 is 16.5. The first kappa shape index (κ1) is 20.0. The zero-order valence-corrected chi connectivity index (χ0v) is 16.7. The molecule has 4 amide bonds. The standard InChI is InChI=1S/C20H23N3O7/c1-28-14-10-13(11-15-19(14)30-9-8-29-15)20(27)22-6-4-21(5-7-22)18(26)12-23-16(24)2-3-17(23)25/h10-11H,2-9,12H2,1H3. The van der Waals surface area contributed by atoms with Gasteiger partial charge in [0, 0.05) is 44.6 Å². The predicted octanol–water partition coefficient (Wildman–Crippen LogP) is -0.100. The number of methoxy groups -OCH3 is 1. The van der Waals surface area contributed by atoms with Gasteiger partial charge in [0.15, 0.2) is 11.5 Å². The zero-order valence-electron chi connectivity index (χ0n) is 16.7. The van der Waals surface area contributed by atoms with Crippen LogP contribution in [0.25, 0.3) is 0 Å². The Morgan fingerprint density at radius 3 is 2.27 bits per heavy atom. The number of ether oxygens (including phenoxy) is 3. The van der Waals surface area contributed by atoms with Crippen LogP contribution in [0.15, 0.2) is 12.1 Å². The fraction of sp³-hybridized carbons (Fsp3) is 0.500. The van der Waals surface area contributed by atoms with Crippen LogP contribution in [-0.4, -0.2) is 91.4 Å². The van der Waals surface area contributed by atoms with E-state index in [0.717, 1.165) is 4.90 Å². The summed E-state index contributed by atoms with van der Waals surface area (Å²) in [6, 6.07) is 3.26. The van der Waals surface area contributed by atoms with Gasteiger partial charge < -0.3 is 24.0 Å². The highest BCUT2D eigenvalue weighted by Gasteiger charge is 2.33. The fourth-order valence-electron chi connectivity index (χ4n) is 3.77. The van der Waals surface area contributed by atoms with Gasteiger partial charge >= 0.3 is 0 Å². The molecule has 160 valence electrons. The van der Waals surface area contributed by atoms with E-state index in [1.54, 1.807) is 21.9 Å². The summed E-state index contributed by atoms with van der Waals surface area (Å²) in [6.07, 6.45) is 0.320. The van der Waals surface area contributed by atoms with Gasteiger partial charge in [-0.05, 0) is 12.1 Å². The molecule has 1 aromatic rings. The molecule has 2 fully saturated rings. The van der Waals surface area contributed by atoms with E-state index in [2.05, 4.69) is 0 Å². The number of carbonyl (C=O) groups is 4. The largest absolute Gasteiger partial charge is 0.493 e. The molecule has 3 aliphatic rings. The Bertz CT molecular complexity index is 859. The van der Waals surface area contributed by atoms with Crippen molar-refractivity contribution in [3.8, 4) is 17.2 Å². The van der Waals surface area contributed by atoms with Crippen molar-refractivity contribution >= 4 is 23.6 Å². The van der Waals surface area contributed by atoms with Gasteiger partial charge in [-0.2, -0.15) is 0 Å². The third kappa shape index (κ3) is 3.77. The third-order valence-corrected chi connectivity index (χ3v) is 5.44. The minimum Gasteiger partial charge on any atom is -0.493 e. The molecule has 3 heterocycles. The molecule has 0 aliphatic carbocycles. The molecular formula is C20H23N3O7. The fourth-order valence-corrected chi connectivity index (χ4v) is 3.77. The summed E-state index contributed by atoms with van der Waals surface area (Å²) in [4.78, 5) is 53.1. The molecule has 2 saturated heterocycles. The second-order valence-corrected chi connectivity index (χ2v) is 7.25. The lowest BCUT2D eigenvalue weighted by molar-refractivity contribution is -0.146. The number of hydrogen-bond acceptors (Lipinski definition) is 7. The third-order valence-electron chi connectivity index (χ3n) is 5.44. The van der Waals surface area contributed by atoms with Crippen LogP contribution in [0.1, 0.15) is 23.2 Å². The Labute approximate surface area is 173 Å². The maximum absolute atomic E-state index is 13.0. The summed E-state index contributed by atoms with van der Waals surface area (Å²) in [5, 5.41) is 0. The summed E-state index contributed by atoms with van der Waals surface area (Å²) >= 11 is 0. The molecule has 0 radical (unpaired) electrons. The SMILES string of the molecule is COc1cc(C(=O)N2CCN(C(=O)CN3C(=O)CCC3=O)CC2)cc2c1OCCO2. The molecule has 0 saturated carbocycles. The molecule has 0 atom stereocenters. The number of carbonyl (C=O) groups excluding carboxylic acids is 4. The van der Waals surface area contributed by atoms with Crippen molar-refractivity contribution in [2.45, 2.75) is 12.8 Å². The second-order valence-electron chi connectivity index (χ2n) is 7.25. The quantitative estimate of drug-likeness (QED) is 0.630. The number of nitrogens with zero attached hydrogens (tertiary/aromatic N) is 3. The van der Waals surface area contributed by atoms with E-state index in [4.69, 9.17) is 14.2 Å². The van der Waals surface area contributed by atoms with Gasteiger partial charge in [-0.3, -0.25) is 24.1 Å². The van der Waals surface area contributed by atoms with Crippen molar-refractivity contribution in [3.63, 3.8) is 0 Å². The molecule has 4 rings (SSSR count). The van der Waals surface area contributed by atoms with Crippen LogP contribution in [0.3, 0.4) is 0 Å². The highest BCUT2D eigenvalue weighted by atomic mass is 16.6. The summed E-state index contributed by atoms with van der Waals surface area (Å²) in [5.41, 5.74) is 0.420. The lowest BCUT2D eigenvalue weighted by Gasteiger charge is -2.35. The minimum absolute atomic E-state index is 0.160. The van der Waals surface area contributed by atoms with E-state index in [-0.39, 0.29) is 43.0 Å². The van der Waals surface area contributed by atoms with E-state index in [1.807, 2.05) is 0 Å². The van der Waals surface area contributed by atoms with Crippen LogP contribution in [-0.2, 0) is 14.4 Å². The molecule has 1 aromatic carbocycles. The van der Waals surface area contributed by atoms with E-state index in [0.29, 0.717) is 62.2 Å². The Kier molecular flexibility index (Phi) is 5.47. The van der Waals surface area contributed by atoms with Crippen molar-refractivity contribution in [3.05, 3.63) is 17.7 Å². The summed E-state index contributed by atoms with van der Waals surface area (Å²) in [5.74, 6) is 0.294. The number of hydrogen-bond donors (Lipinski definition) is 0. The Hall–Kier alpha value is -3.30. The predicted molar refractivity (Wildman–Crippen MR) is 102 cm³/mol. The number of piperazine rings is 1. The molecular weight excluding hydrogens is 394 g/mol. The van der Waals surface area contributed by atoms with Gasteiger partial charge in [0.2, 0.25) is 23.5 Å². The highest BCUT2D eigenvalue weighted by Crippen LogP contribution is 2.40. The van der Waals surface area contributed by atoms with Crippen molar-refractivity contribution in [2.75, 3.05) is 53.0 Å². The van der Waals surface area contributed by atoms with Crippen LogP contribution in [0, 0.1) is 0 Å². The molecule has 3 aliphatic heterocycles. The first-order chi connectivity index (χ1) is 14.5. The van der Waals surface area contributed by atoms with Crippen LogP contribution in [0.2, 0.25) is 0 Å². The average Bonchev–Trinajstić information content (AvgIpc) is 3.09. The minimum atomic E-state index is -0.310. The summed E-state index contributed by atoms with van der Waals surface area (Å²) in [6.45, 7) is 1.96. The molecule has 0 bridgehead atoms. The van der Waals surface area contributed by atoms with Gasteiger partial charge in [0.05, 0.1) is 7.11 Å². The van der Waals surface area contributed by atoms with Crippen molar-refractivity contribution < 1.29 is 33.4 Å². The van der Waals surface area contributed by atoms with Crippen molar-refractivity contribution in [1.29, 1.82) is 0 Å². The molecule has 0 unspecified atom stereocenters. The number of imide groups is 1. The second kappa shape index (κ2) is 8.21. The topological polar surface area (TPSA) is 106 Å². The Morgan fingerprint density at radius 1 is 0.967 bits per heavy atom. The lowest BCUT2D eigenvalue weighted by Crippen LogP contribution is -2.53. The first-order valence-corrected chi connectivity index (χ1v) is 9.86. The van der Waals surface area contributed by atoms with Crippen LogP contribution in [0.5, 0.6) is 17.2 Å². The number of benzene rings is 1. The van der Waals surface area contributed by atoms with Gasteiger partial charge in [-0.15, -0.1) is 0 Å². The van der Waals surface area contributed by atoms with Gasteiger partial charge in [-0.25, -0.2) is 0 Å². The van der Waals surface area contributed by atoms with E-state index >= 15 is 0 Å². The van der Waals surface area contributed by atoms with Gasteiger partial charge in [0.25, 0.3) is 5.91 Å². The van der Waals surface area contributed by atoms with Crippen molar-refractivity contribution in [1.82, 2.24) is 14.7 Å². The van der Waals surface area contributed by atoms with E-state index in [1.165, 1.54) is 7.11 Å². The molecule has 0 N–H and O–H groups in total. The number of fused-ring (bicyclic) bond motifs is 1. The highest BCUT2D eigenvalue weighted by molar-refractivity contribution is 6.04. The van der Waals surface area contributed by atoms with Crippen molar-refractivity contribution in [2.24, 2.45) is 0 Å². The Morgan fingerprint density at radius 2 is 1.60 bits per heavy atom. The normalized spacial score (nSPS) is 18.6. The van der Waals surface area contributed by atoms with Gasteiger partial charge in [0.1, 0.15) is 19.8 Å². The maximum Gasteiger partial charge on any atom is 0.254 e. The molecule has 0 aromatic heterocycles. The number of likely N-dealkylation sites (tertiary alicyclic amines) is 1. The maximum atomic E-state index is 13.0. The van der Waals surface area contributed by atoms with E-state index in [9.17, 15) is 19.2 Å². The molecule has 10 heteroatoms. The smallest absolute Gasteiger partial charge is 0.254 e. The monoisotopic (exact) mass is 417 g/mol. The van der Waals surface area contributed by atoms with E-state index < -0.39 is 0 Å². The number of amides is 4. The molecule has 10 nitrogen and oxygen atoms in total. The number of rotatable bonds is 4. The lowest BCUT2D eigenvalue weighted by atomic mass is 10.1. The molecule has 0 spiro atoms. The average molecular weight is 417 g/mol. The zero-order chi connectivity index (χ0) is 21.3. The van der Waals surface area contributed by atoms with Crippen LogP contribution >= 0.6 is 0 Å². The van der Waals surface area contributed by atoms with Crippen LogP contribution < -0.4 is 14.2 Å².